The van der Waals surface area contributed by atoms with Gasteiger partial charge >= 0.3 is 0 Å². The molecular weight excluding hydrogens is 495 g/mol. The van der Waals surface area contributed by atoms with Crippen molar-refractivity contribution in [1.82, 2.24) is 24.5 Å². The first-order chi connectivity index (χ1) is 18.3. The molecule has 0 saturated heterocycles. The Kier molecular flexibility index (Phi) is 6.17. The monoisotopic (exact) mass is 519 g/mol. The zero-order valence-corrected chi connectivity index (χ0v) is 22.1. The number of nitrogens with zero attached hydrogens (tertiary/aromatic N) is 5. The molecule has 12 heteroatoms. The van der Waals surface area contributed by atoms with E-state index in [9.17, 15) is 4.79 Å². The van der Waals surface area contributed by atoms with Gasteiger partial charge in [0.15, 0.2) is 5.69 Å². The van der Waals surface area contributed by atoms with Crippen molar-refractivity contribution in [3.8, 4) is 39.7 Å². The number of aromatic nitrogens is 4. The maximum absolute atomic E-state index is 14.1. The van der Waals surface area contributed by atoms with Crippen molar-refractivity contribution in [1.29, 1.82) is 0 Å². The Morgan fingerprint density at radius 2 is 1.97 bits per heavy atom. The number of carbonyl (C=O) groups excluding carboxylic acids is 1. The Morgan fingerprint density at radius 3 is 2.61 bits per heavy atom. The van der Waals surface area contributed by atoms with Gasteiger partial charge in [0.25, 0.3) is 5.91 Å². The highest BCUT2D eigenvalue weighted by Crippen LogP contribution is 2.46. The highest BCUT2D eigenvalue weighted by Gasteiger charge is 2.39. The molecule has 1 amide bonds. The number of hydrogen-bond acceptors (Lipinski definition) is 6. The van der Waals surface area contributed by atoms with Crippen LogP contribution in [0.4, 0.5) is 0 Å². The fraction of sp³-hybridized carbons (Fsp3) is 0.346. The van der Waals surface area contributed by atoms with Crippen LogP contribution in [-0.4, -0.2) is 72.3 Å². The van der Waals surface area contributed by atoms with E-state index in [1.807, 2.05) is 48.3 Å². The average molecular weight is 519 g/mol. The van der Waals surface area contributed by atoms with Crippen molar-refractivity contribution in [3.05, 3.63) is 52.5 Å². The predicted octanol–water partition coefficient (Wildman–Crippen LogP) is 3.40. The second kappa shape index (κ2) is 9.41. The first-order valence-electron chi connectivity index (χ1n) is 12.5. The number of fused-ring (bicyclic) bond motifs is 3. The van der Waals surface area contributed by atoms with E-state index in [2.05, 4.69) is 5.10 Å². The van der Waals surface area contributed by atoms with Gasteiger partial charge in [0, 0.05) is 47.4 Å². The largest absolute Gasteiger partial charge is 0.496 e. The predicted molar refractivity (Wildman–Crippen MR) is 148 cm³/mol. The summed E-state index contributed by atoms with van der Waals surface area (Å²) in [6.45, 7) is 0.144. The van der Waals surface area contributed by atoms with Crippen LogP contribution in [0.2, 0.25) is 0 Å². The summed E-state index contributed by atoms with van der Waals surface area (Å²) in [5, 5.41) is 11.5. The first kappa shape index (κ1) is 24.9. The molecule has 0 atom stereocenters. The Balaban J connectivity index is 1.55. The minimum absolute atomic E-state index is 0.144. The molecule has 186 valence electrons. The molecule has 38 heavy (non-hydrogen) atoms. The van der Waals surface area contributed by atoms with Gasteiger partial charge < -0.3 is 14.4 Å². The van der Waals surface area contributed by atoms with Gasteiger partial charge in [-0.3, -0.25) is 9.48 Å². The number of amides is 1. The van der Waals surface area contributed by atoms with Crippen LogP contribution < -0.4 is 9.47 Å². The lowest BCUT2D eigenvalue weighted by molar-refractivity contribution is 0.0664. The summed E-state index contributed by atoms with van der Waals surface area (Å²) >= 11 is 1.54. The summed E-state index contributed by atoms with van der Waals surface area (Å²) in [5.41, 5.74) is 4.80. The molecule has 3 aromatic heterocycles. The summed E-state index contributed by atoms with van der Waals surface area (Å²) in [6, 6.07) is 7.55. The number of hydrogen-bond donors (Lipinski definition) is 0. The molecule has 1 aromatic carbocycles. The zero-order chi connectivity index (χ0) is 26.6. The molecule has 1 saturated carbocycles. The third-order valence-corrected chi connectivity index (χ3v) is 7.85. The molecule has 1 aliphatic carbocycles. The molecule has 2 aliphatic rings. The van der Waals surface area contributed by atoms with Crippen LogP contribution in [0.3, 0.4) is 0 Å². The molecule has 1 fully saturated rings. The fourth-order valence-electron chi connectivity index (χ4n) is 5.48. The van der Waals surface area contributed by atoms with Crippen LogP contribution in [0, 0.1) is 0 Å². The summed E-state index contributed by atoms with van der Waals surface area (Å²) < 4.78 is 15.4. The second-order valence-electron chi connectivity index (χ2n) is 9.78. The summed E-state index contributed by atoms with van der Waals surface area (Å²) in [5.74, 6) is 0.860. The lowest BCUT2D eigenvalue weighted by Gasteiger charge is -2.42. The maximum Gasteiger partial charge on any atom is 0.273 e. The number of aryl methyl sites for hydroxylation is 1. The minimum Gasteiger partial charge on any atom is -0.496 e. The van der Waals surface area contributed by atoms with Gasteiger partial charge in [-0.25, -0.2) is 4.68 Å². The molecule has 0 N–H and O–H groups in total. The van der Waals surface area contributed by atoms with E-state index in [1.54, 1.807) is 27.8 Å². The summed E-state index contributed by atoms with van der Waals surface area (Å²) in [6.07, 6.45) is 5.43. The van der Waals surface area contributed by atoms with Gasteiger partial charge in [-0.1, -0.05) is 18.1 Å². The number of carbonyl (C=O) groups is 1. The Bertz CT molecular complexity index is 1500. The van der Waals surface area contributed by atoms with E-state index in [-0.39, 0.29) is 18.3 Å². The standard InChI is InChI=1S/C26H24B3N5O3S/c1-32-9-7-20(30-32)17-11-18-22(12-21(17)36-2)37-13-19-23(31-34(24(18)19)16-8-10-38-14-16)25(35)33(26(27,28)29)15-5-3-4-6-15/h7-12,14-15H,3-6,13H2,1-2H3. The van der Waals surface area contributed by atoms with Crippen LogP contribution in [0.1, 0.15) is 41.7 Å². The first-order valence-corrected chi connectivity index (χ1v) is 13.4. The average Bonchev–Trinajstić information content (AvgIpc) is 3.69. The summed E-state index contributed by atoms with van der Waals surface area (Å²) in [4.78, 5) is 15.5. The van der Waals surface area contributed by atoms with E-state index in [1.165, 1.54) is 4.90 Å². The Hall–Kier alpha value is -3.40. The van der Waals surface area contributed by atoms with Crippen LogP contribution >= 0.6 is 11.3 Å². The zero-order valence-electron chi connectivity index (χ0n) is 21.3. The Morgan fingerprint density at radius 1 is 1.18 bits per heavy atom. The molecule has 6 rings (SSSR count). The van der Waals surface area contributed by atoms with Crippen molar-refractivity contribution >= 4 is 40.8 Å². The molecular formula is C26H24B3N5O3S. The number of thiophene rings is 1. The van der Waals surface area contributed by atoms with E-state index < -0.39 is 11.1 Å². The van der Waals surface area contributed by atoms with Crippen molar-refractivity contribution in [2.24, 2.45) is 7.05 Å². The lowest BCUT2D eigenvalue weighted by atomic mass is 9.48. The fourth-order valence-corrected chi connectivity index (χ4v) is 6.09. The molecule has 4 heterocycles. The van der Waals surface area contributed by atoms with Crippen molar-refractivity contribution in [2.75, 3.05) is 7.11 Å². The molecule has 6 radical (unpaired) electrons. The van der Waals surface area contributed by atoms with Crippen LogP contribution in [0.25, 0.3) is 28.2 Å². The smallest absolute Gasteiger partial charge is 0.273 e. The van der Waals surface area contributed by atoms with Gasteiger partial charge in [-0.05, 0) is 36.4 Å². The van der Waals surface area contributed by atoms with Crippen molar-refractivity contribution < 1.29 is 14.3 Å². The van der Waals surface area contributed by atoms with Gasteiger partial charge in [0.05, 0.1) is 47.7 Å². The third kappa shape index (κ3) is 4.15. The van der Waals surface area contributed by atoms with Crippen LogP contribution in [-0.2, 0) is 13.7 Å². The van der Waals surface area contributed by atoms with Crippen molar-refractivity contribution in [2.45, 2.75) is 43.6 Å². The Labute approximate surface area is 229 Å². The van der Waals surface area contributed by atoms with Crippen LogP contribution in [0.5, 0.6) is 11.5 Å². The van der Waals surface area contributed by atoms with Gasteiger partial charge in [-0.2, -0.15) is 21.5 Å². The summed E-state index contributed by atoms with van der Waals surface area (Å²) in [7, 11) is 21.9. The third-order valence-electron chi connectivity index (χ3n) is 7.18. The van der Waals surface area contributed by atoms with E-state index in [4.69, 9.17) is 38.1 Å². The molecule has 4 aromatic rings. The molecule has 0 unspecified atom stereocenters. The lowest BCUT2D eigenvalue weighted by Crippen LogP contribution is -2.57. The molecule has 0 spiro atoms. The topological polar surface area (TPSA) is 74.4 Å². The van der Waals surface area contributed by atoms with Gasteiger partial charge in [0.2, 0.25) is 0 Å². The van der Waals surface area contributed by atoms with E-state index in [0.29, 0.717) is 17.1 Å². The highest BCUT2D eigenvalue weighted by molar-refractivity contribution is 7.08. The number of rotatable bonds is 6. The van der Waals surface area contributed by atoms with Crippen LogP contribution in [0.15, 0.2) is 41.2 Å². The highest BCUT2D eigenvalue weighted by atomic mass is 32.1. The van der Waals surface area contributed by atoms with E-state index >= 15 is 0 Å². The van der Waals surface area contributed by atoms with Gasteiger partial charge in [0.1, 0.15) is 18.1 Å². The molecule has 1 aliphatic heterocycles. The SMILES string of the molecule is [B]C([B])([B])N(C(=O)c1nn(-c2ccsc2)c2c1COc1cc(OC)c(-c3ccn(C)n3)cc1-2)C1CCCC1. The number of ether oxygens (including phenoxy) is 2. The molecule has 0 bridgehead atoms. The normalized spacial score (nSPS) is 15.1. The van der Waals surface area contributed by atoms with Gasteiger partial charge in [-0.15, -0.1) is 0 Å². The minimum atomic E-state index is -1.82. The number of benzene rings is 1. The van der Waals surface area contributed by atoms with Crippen molar-refractivity contribution in [3.63, 3.8) is 0 Å². The molecule has 8 nitrogen and oxygen atoms in total. The number of methoxy groups -OCH3 is 1. The quantitative estimate of drug-likeness (QED) is 0.366. The van der Waals surface area contributed by atoms with E-state index in [0.717, 1.165) is 53.9 Å². The second-order valence-corrected chi connectivity index (χ2v) is 10.6. The maximum atomic E-state index is 14.1.